The van der Waals surface area contributed by atoms with Gasteiger partial charge in [-0.15, -0.1) is 0 Å². The quantitative estimate of drug-likeness (QED) is 0.678. The summed E-state index contributed by atoms with van der Waals surface area (Å²) in [5.74, 6) is 0.706. The van der Waals surface area contributed by atoms with Crippen molar-refractivity contribution >= 4 is 23.2 Å². The lowest BCUT2D eigenvalue weighted by atomic mass is 10.0. The van der Waals surface area contributed by atoms with Crippen LogP contribution in [0.5, 0.6) is 0 Å². The Morgan fingerprint density at radius 3 is 2.44 bits per heavy atom. The molecule has 0 aliphatic heterocycles. The summed E-state index contributed by atoms with van der Waals surface area (Å²) in [4.78, 5) is 12.7. The summed E-state index contributed by atoms with van der Waals surface area (Å²) in [6.07, 6.45) is 0. The lowest BCUT2D eigenvalue weighted by molar-refractivity contribution is 0.101. The number of hydrogen-bond acceptors (Lipinski definition) is 4. The van der Waals surface area contributed by atoms with Crippen molar-refractivity contribution < 1.29 is 9.32 Å². The van der Waals surface area contributed by atoms with E-state index in [1.807, 2.05) is 38.1 Å². The summed E-state index contributed by atoms with van der Waals surface area (Å²) >= 11 is 6.22. The van der Waals surface area contributed by atoms with E-state index in [1.165, 1.54) is 5.56 Å². The first-order valence-corrected chi connectivity index (χ1v) is 9.21. The van der Waals surface area contributed by atoms with Gasteiger partial charge in [-0.3, -0.25) is 9.48 Å². The van der Waals surface area contributed by atoms with E-state index in [0.717, 1.165) is 11.4 Å². The number of nitrogens with zero attached hydrogens (tertiary/aromatic N) is 3. The Kier molecular flexibility index (Phi) is 5.37. The van der Waals surface area contributed by atoms with Gasteiger partial charge in [0.05, 0.1) is 23.0 Å². The molecule has 1 N–H and O–H groups in total. The molecule has 3 aromatic rings. The number of rotatable bonds is 5. The molecule has 0 atom stereocenters. The van der Waals surface area contributed by atoms with E-state index in [-0.39, 0.29) is 11.6 Å². The lowest BCUT2D eigenvalue weighted by Gasteiger charge is -2.09. The van der Waals surface area contributed by atoms with Crippen molar-refractivity contribution in [3.05, 3.63) is 63.3 Å². The Bertz CT molecular complexity index is 971. The van der Waals surface area contributed by atoms with Crippen molar-refractivity contribution in [3.63, 3.8) is 0 Å². The number of aryl methyl sites for hydroxylation is 2. The molecule has 27 heavy (non-hydrogen) atoms. The van der Waals surface area contributed by atoms with Crippen LogP contribution >= 0.6 is 11.6 Å². The fourth-order valence-electron chi connectivity index (χ4n) is 2.88. The van der Waals surface area contributed by atoms with E-state index in [0.29, 0.717) is 34.5 Å². The molecule has 0 spiro atoms. The highest BCUT2D eigenvalue weighted by molar-refractivity contribution is 6.31. The van der Waals surface area contributed by atoms with E-state index in [1.54, 1.807) is 11.6 Å². The van der Waals surface area contributed by atoms with Crippen molar-refractivity contribution in [3.8, 4) is 0 Å². The molecule has 0 aliphatic rings. The average molecular weight is 387 g/mol. The van der Waals surface area contributed by atoms with Gasteiger partial charge in [0.25, 0.3) is 5.91 Å². The van der Waals surface area contributed by atoms with Crippen LogP contribution in [0, 0.1) is 20.8 Å². The van der Waals surface area contributed by atoms with Crippen LogP contribution in [-0.2, 0) is 6.54 Å². The number of anilines is 1. The Balaban J connectivity index is 1.82. The minimum Gasteiger partial charge on any atom is -0.361 e. The molecule has 7 heteroatoms. The highest BCUT2D eigenvalue weighted by atomic mass is 35.5. The molecule has 2 aromatic heterocycles. The molecule has 0 aliphatic carbocycles. The maximum atomic E-state index is 12.7. The standard InChI is InChI=1S/C20H23ClN4O2/c1-11(2)15-6-8-16(9-7-15)22-20(26)19-17(14(5)27-24-19)10-25-13(4)18(21)12(3)23-25/h6-9,11H,10H2,1-5H3,(H,22,26). The van der Waals surface area contributed by atoms with E-state index in [9.17, 15) is 4.79 Å². The fraction of sp³-hybridized carbons (Fsp3) is 0.350. The molecular formula is C20H23ClN4O2. The van der Waals surface area contributed by atoms with Crippen molar-refractivity contribution in [1.82, 2.24) is 14.9 Å². The Morgan fingerprint density at radius 2 is 1.89 bits per heavy atom. The zero-order chi connectivity index (χ0) is 19.7. The molecule has 3 rings (SSSR count). The van der Waals surface area contributed by atoms with Gasteiger partial charge in [0.2, 0.25) is 0 Å². The van der Waals surface area contributed by atoms with Crippen LogP contribution in [0.3, 0.4) is 0 Å². The number of amides is 1. The minimum atomic E-state index is -0.313. The summed E-state index contributed by atoms with van der Waals surface area (Å²) < 4.78 is 7.02. The van der Waals surface area contributed by atoms with Crippen LogP contribution in [-0.4, -0.2) is 20.8 Å². The SMILES string of the molecule is Cc1nn(Cc2c(C(=O)Nc3ccc(C(C)C)cc3)noc2C)c(C)c1Cl. The molecule has 0 bridgehead atoms. The third kappa shape index (κ3) is 3.90. The number of halogens is 1. The van der Waals surface area contributed by atoms with Crippen LogP contribution < -0.4 is 5.32 Å². The predicted octanol–water partition coefficient (Wildman–Crippen LogP) is 4.87. The van der Waals surface area contributed by atoms with Gasteiger partial charge < -0.3 is 9.84 Å². The monoisotopic (exact) mass is 386 g/mol. The van der Waals surface area contributed by atoms with Gasteiger partial charge in [0.15, 0.2) is 5.69 Å². The molecule has 0 fully saturated rings. The van der Waals surface area contributed by atoms with Crippen molar-refractivity contribution in [2.45, 2.75) is 47.1 Å². The molecule has 0 unspecified atom stereocenters. The molecule has 6 nitrogen and oxygen atoms in total. The van der Waals surface area contributed by atoms with Crippen LogP contribution in [0.25, 0.3) is 0 Å². The Labute approximate surface area is 163 Å². The molecule has 2 heterocycles. The molecule has 0 saturated carbocycles. The van der Waals surface area contributed by atoms with Crippen LogP contribution in [0.4, 0.5) is 5.69 Å². The molecule has 142 valence electrons. The van der Waals surface area contributed by atoms with E-state index in [4.69, 9.17) is 16.1 Å². The third-order valence-electron chi connectivity index (χ3n) is 4.64. The van der Waals surface area contributed by atoms with Gasteiger partial charge in [0.1, 0.15) is 5.76 Å². The van der Waals surface area contributed by atoms with Crippen LogP contribution in [0.2, 0.25) is 5.02 Å². The summed E-state index contributed by atoms with van der Waals surface area (Å²) in [5, 5.41) is 11.9. The Hall–Kier alpha value is -2.60. The topological polar surface area (TPSA) is 73.0 Å². The largest absolute Gasteiger partial charge is 0.361 e. The first-order valence-electron chi connectivity index (χ1n) is 8.84. The summed E-state index contributed by atoms with van der Waals surface area (Å²) in [7, 11) is 0. The van der Waals surface area contributed by atoms with Crippen LogP contribution in [0.15, 0.2) is 28.8 Å². The Morgan fingerprint density at radius 1 is 1.22 bits per heavy atom. The number of carbonyl (C=O) groups excluding carboxylic acids is 1. The maximum Gasteiger partial charge on any atom is 0.278 e. The third-order valence-corrected chi connectivity index (χ3v) is 5.18. The van der Waals surface area contributed by atoms with Crippen LogP contribution in [0.1, 0.15) is 58.5 Å². The number of hydrogen-bond donors (Lipinski definition) is 1. The minimum absolute atomic E-state index is 0.254. The van der Waals surface area contributed by atoms with E-state index < -0.39 is 0 Å². The lowest BCUT2D eigenvalue weighted by Crippen LogP contribution is -2.16. The molecule has 1 amide bonds. The first-order chi connectivity index (χ1) is 12.8. The number of carbonyl (C=O) groups is 1. The molecule has 0 saturated heterocycles. The van der Waals surface area contributed by atoms with Gasteiger partial charge in [-0.2, -0.15) is 5.10 Å². The predicted molar refractivity (Wildman–Crippen MR) is 106 cm³/mol. The fourth-order valence-corrected chi connectivity index (χ4v) is 3.01. The van der Waals surface area contributed by atoms with E-state index in [2.05, 4.69) is 29.4 Å². The summed E-state index contributed by atoms with van der Waals surface area (Å²) in [6, 6.07) is 7.79. The van der Waals surface area contributed by atoms with Gasteiger partial charge in [-0.1, -0.05) is 42.7 Å². The van der Waals surface area contributed by atoms with Crippen molar-refractivity contribution in [2.24, 2.45) is 0 Å². The number of nitrogens with one attached hydrogen (secondary N) is 1. The second kappa shape index (κ2) is 7.56. The number of benzene rings is 1. The van der Waals surface area contributed by atoms with E-state index >= 15 is 0 Å². The van der Waals surface area contributed by atoms with Gasteiger partial charge >= 0.3 is 0 Å². The van der Waals surface area contributed by atoms with Gasteiger partial charge in [-0.05, 0) is 44.4 Å². The molecule has 1 aromatic carbocycles. The smallest absolute Gasteiger partial charge is 0.278 e. The maximum absolute atomic E-state index is 12.7. The van der Waals surface area contributed by atoms with Gasteiger partial charge in [-0.25, -0.2) is 0 Å². The molecular weight excluding hydrogens is 364 g/mol. The van der Waals surface area contributed by atoms with Crippen molar-refractivity contribution in [1.29, 1.82) is 0 Å². The highest BCUT2D eigenvalue weighted by Gasteiger charge is 2.22. The summed E-state index contributed by atoms with van der Waals surface area (Å²) in [5.41, 5.74) is 4.46. The molecule has 0 radical (unpaired) electrons. The van der Waals surface area contributed by atoms with Gasteiger partial charge in [0, 0.05) is 11.3 Å². The second-order valence-electron chi connectivity index (χ2n) is 6.94. The zero-order valence-corrected chi connectivity index (χ0v) is 16.9. The highest BCUT2D eigenvalue weighted by Crippen LogP contribution is 2.23. The first kappa shape index (κ1) is 19.2. The zero-order valence-electron chi connectivity index (χ0n) is 16.1. The average Bonchev–Trinajstić information content (AvgIpc) is 3.11. The second-order valence-corrected chi connectivity index (χ2v) is 7.32. The van der Waals surface area contributed by atoms with Crippen molar-refractivity contribution in [2.75, 3.05) is 5.32 Å². The summed E-state index contributed by atoms with van der Waals surface area (Å²) in [6.45, 7) is 10.1. The normalized spacial score (nSPS) is 11.2. The number of aromatic nitrogens is 3.